The maximum Gasteiger partial charge on any atom is 0.271 e. The number of nitro groups is 1. The molecule has 0 spiro atoms. The van der Waals surface area contributed by atoms with E-state index >= 15 is 0 Å². The first kappa shape index (κ1) is 22.4. The van der Waals surface area contributed by atoms with Crippen molar-refractivity contribution in [2.24, 2.45) is 11.8 Å². The fourth-order valence-electron chi connectivity index (χ4n) is 3.68. The Kier molecular flexibility index (Phi) is 6.59. The van der Waals surface area contributed by atoms with Gasteiger partial charge >= 0.3 is 0 Å². The topological polar surface area (TPSA) is 110 Å². The second kappa shape index (κ2) is 8.83. The van der Waals surface area contributed by atoms with Crippen molar-refractivity contribution in [2.75, 3.05) is 18.4 Å². The number of hydrogen-bond acceptors (Lipinski definition) is 5. The maximum atomic E-state index is 13.2. The Morgan fingerprint density at radius 2 is 1.83 bits per heavy atom. The van der Waals surface area contributed by atoms with Crippen molar-refractivity contribution in [3.8, 4) is 0 Å². The van der Waals surface area contributed by atoms with Gasteiger partial charge in [0.05, 0.1) is 9.82 Å². The van der Waals surface area contributed by atoms with Crippen molar-refractivity contribution in [3.05, 3.63) is 62.6 Å². The molecule has 2 unspecified atom stereocenters. The number of nitro benzene ring substituents is 1. The molecule has 1 N–H and O–H groups in total. The third-order valence-corrected chi connectivity index (χ3v) is 7.79. The molecule has 3 rings (SSSR count). The van der Waals surface area contributed by atoms with Crippen molar-refractivity contribution in [1.82, 2.24) is 4.31 Å². The zero-order valence-corrected chi connectivity index (χ0v) is 18.9. The molecular formula is C20H22BrN3O5S. The fourth-order valence-corrected chi connectivity index (χ4v) is 6.31. The summed E-state index contributed by atoms with van der Waals surface area (Å²) < 4.78 is 28.3. The van der Waals surface area contributed by atoms with E-state index in [2.05, 4.69) is 21.2 Å². The minimum atomic E-state index is -3.79. The maximum absolute atomic E-state index is 13.2. The van der Waals surface area contributed by atoms with Crippen LogP contribution < -0.4 is 5.32 Å². The van der Waals surface area contributed by atoms with E-state index in [1.807, 2.05) is 13.8 Å². The predicted octanol–water partition coefficient (Wildman–Crippen LogP) is 4.28. The third kappa shape index (κ3) is 4.88. The highest BCUT2D eigenvalue weighted by Gasteiger charge is 2.33. The van der Waals surface area contributed by atoms with Crippen LogP contribution in [0.3, 0.4) is 0 Å². The van der Waals surface area contributed by atoms with E-state index in [1.165, 1.54) is 46.8 Å². The molecule has 160 valence electrons. The van der Waals surface area contributed by atoms with Crippen LogP contribution >= 0.6 is 15.9 Å². The largest absolute Gasteiger partial charge is 0.322 e. The van der Waals surface area contributed by atoms with Crippen molar-refractivity contribution in [1.29, 1.82) is 0 Å². The first-order chi connectivity index (χ1) is 14.1. The molecule has 0 saturated carbocycles. The summed E-state index contributed by atoms with van der Waals surface area (Å²) in [7, 11) is -3.79. The van der Waals surface area contributed by atoms with E-state index in [4.69, 9.17) is 0 Å². The highest BCUT2D eigenvalue weighted by atomic mass is 79.9. The van der Waals surface area contributed by atoms with Crippen molar-refractivity contribution < 1.29 is 18.1 Å². The number of nitrogens with zero attached hydrogens (tertiary/aromatic N) is 2. The number of nitrogens with one attached hydrogen (secondary N) is 1. The number of piperidine rings is 1. The SMILES string of the molecule is CC1CC(C)CN(S(=O)(=O)c2cc(C(=O)Nc3cccc([N+](=O)[O-])c3)ccc2Br)C1. The summed E-state index contributed by atoms with van der Waals surface area (Å²) in [6, 6.07) is 9.90. The number of anilines is 1. The quantitative estimate of drug-likeness (QED) is 0.491. The molecule has 2 aromatic rings. The van der Waals surface area contributed by atoms with Gasteiger partial charge in [-0.05, 0) is 58.5 Å². The van der Waals surface area contributed by atoms with Gasteiger partial charge in [0.15, 0.2) is 0 Å². The summed E-state index contributed by atoms with van der Waals surface area (Å²) in [6.45, 7) is 4.92. The lowest BCUT2D eigenvalue weighted by molar-refractivity contribution is -0.384. The van der Waals surface area contributed by atoms with Crippen LogP contribution in [0.5, 0.6) is 0 Å². The Morgan fingerprint density at radius 1 is 1.17 bits per heavy atom. The lowest BCUT2D eigenvalue weighted by Crippen LogP contribution is -2.42. The fraction of sp³-hybridized carbons (Fsp3) is 0.350. The van der Waals surface area contributed by atoms with Gasteiger partial charge in [-0.2, -0.15) is 4.31 Å². The summed E-state index contributed by atoms with van der Waals surface area (Å²) >= 11 is 3.29. The summed E-state index contributed by atoms with van der Waals surface area (Å²) in [5, 5.41) is 13.5. The summed E-state index contributed by atoms with van der Waals surface area (Å²) in [5.41, 5.74) is 0.238. The van der Waals surface area contributed by atoms with Crippen LogP contribution in [0.25, 0.3) is 0 Å². The van der Waals surface area contributed by atoms with Crippen molar-refractivity contribution in [3.63, 3.8) is 0 Å². The van der Waals surface area contributed by atoms with E-state index < -0.39 is 20.9 Å². The predicted molar refractivity (Wildman–Crippen MR) is 117 cm³/mol. The van der Waals surface area contributed by atoms with E-state index in [-0.39, 0.29) is 33.7 Å². The van der Waals surface area contributed by atoms with Crippen LogP contribution in [-0.2, 0) is 10.0 Å². The summed E-state index contributed by atoms with van der Waals surface area (Å²) in [4.78, 5) is 23.0. The van der Waals surface area contributed by atoms with Crippen LogP contribution in [-0.4, -0.2) is 36.6 Å². The second-order valence-corrected chi connectivity index (χ2v) is 10.4. The van der Waals surface area contributed by atoms with Gasteiger partial charge in [0, 0.05) is 40.9 Å². The molecule has 0 bridgehead atoms. The minimum Gasteiger partial charge on any atom is -0.322 e. The Hall–Kier alpha value is -2.30. The Bertz CT molecular complexity index is 1080. The van der Waals surface area contributed by atoms with Gasteiger partial charge in [0.1, 0.15) is 0 Å². The van der Waals surface area contributed by atoms with Gasteiger partial charge in [-0.3, -0.25) is 14.9 Å². The molecule has 8 nitrogen and oxygen atoms in total. The summed E-state index contributed by atoms with van der Waals surface area (Å²) in [6.07, 6.45) is 0.971. The normalized spacial score (nSPS) is 20.0. The number of benzene rings is 2. The Balaban J connectivity index is 1.88. The first-order valence-corrected chi connectivity index (χ1v) is 11.7. The molecule has 0 radical (unpaired) electrons. The number of non-ortho nitro benzene ring substituents is 1. The van der Waals surface area contributed by atoms with E-state index in [9.17, 15) is 23.3 Å². The molecule has 1 amide bonds. The molecule has 2 aromatic carbocycles. The van der Waals surface area contributed by atoms with Gasteiger partial charge in [0.2, 0.25) is 10.0 Å². The highest BCUT2D eigenvalue weighted by molar-refractivity contribution is 9.10. The van der Waals surface area contributed by atoms with Crippen LogP contribution in [0, 0.1) is 22.0 Å². The Morgan fingerprint density at radius 3 is 2.47 bits per heavy atom. The molecular weight excluding hydrogens is 474 g/mol. The third-order valence-electron chi connectivity index (χ3n) is 4.96. The number of halogens is 1. The minimum absolute atomic E-state index is 0.0236. The average molecular weight is 496 g/mol. The van der Waals surface area contributed by atoms with E-state index in [0.717, 1.165) is 6.42 Å². The van der Waals surface area contributed by atoms with Crippen LogP contribution in [0.1, 0.15) is 30.6 Å². The monoisotopic (exact) mass is 495 g/mol. The highest BCUT2D eigenvalue weighted by Crippen LogP contribution is 2.31. The number of sulfonamides is 1. The zero-order valence-electron chi connectivity index (χ0n) is 16.5. The van der Waals surface area contributed by atoms with Crippen LogP contribution in [0.15, 0.2) is 51.8 Å². The van der Waals surface area contributed by atoms with Gasteiger partial charge in [0.25, 0.3) is 11.6 Å². The van der Waals surface area contributed by atoms with Crippen LogP contribution in [0.2, 0.25) is 0 Å². The zero-order chi connectivity index (χ0) is 22.1. The molecule has 1 aliphatic heterocycles. The molecule has 1 saturated heterocycles. The molecule has 10 heteroatoms. The standard InChI is InChI=1S/C20H22BrN3O5S/c1-13-8-14(2)12-23(11-13)30(28,29)19-9-15(6-7-18(19)21)20(25)22-16-4-3-5-17(10-16)24(26)27/h3-7,9-10,13-14H,8,11-12H2,1-2H3,(H,22,25). The van der Waals surface area contributed by atoms with Gasteiger partial charge in [-0.15, -0.1) is 0 Å². The van der Waals surface area contributed by atoms with Crippen molar-refractivity contribution >= 4 is 43.2 Å². The number of rotatable bonds is 5. The first-order valence-electron chi connectivity index (χ1n) is 9.43. The molecule has 0 aliphatic carbocycles. The van der Waals surface area contributed by atoms with Crippen LogP contribution in [0.4, 0.5) is 11.4 Å². The summed E-state index contributed by atoms with van der Waals surface area (Å²) in [5.74, 6) is -0.0508. The number of hydrogen-bond donors (Lipinski definition) is 1. The number of carbonyl (C=O) groups is 1. The lowest BCUT2D eigenvalue weighted by atomic mass is 9.94. The number of amides is 1. The Labute approximate surface area is 183 Å². The molecule has 2 atom stereocenters. The second-order valence-electron chi connectivity index (χ2n) is 7.67. The van der Waals surface area contributed by atoms with Gasteiger partial charge in [-0.1, -0.05) is 19.9 Å². The smallest absolute Gasteiger partial charge is 0.271 e. The molecule has 1 aliphatic rings. The number of carbonyl (C=O) groups excluding carboxylic acids is 1. The molecule has 0 aromatic heterocycles. The average Bonchev–Trinajstić information content (AvgIpc) is 2.67. The van der Waals surface area contributed by atoms with Gasteiger partial charge < -0.3 is 5.32 Å². The van der Waals surface area contributed by atoms with E-state index in [1.54, 1.807) is 0 Å². The van der Waals surface area contributed by atoms with Gasteiger partial charge in [-0.25, -0.2) is 8.42 Å². The lowest BCUT2D eigenvalue weighted by Gasteiger charge is -2.34. The van der Waals surface area contributed by atoms with E-state index in [0.29, 0.717) is 17.6 Å². The van der Waals surface area contributed by atoms with Crippen molar-refractivity contribution in [2.45, 2.75) is 25.2 Å². The molecule has 30 heavy (non-hydrogen) atoms. The molecule has 1 fully saturated rings. The molecule has 1 heterocycles.